The van der Waals surface area contributed by atoms with Crippen LogP contribution in [0.3, 0.4) is 0 Å². The number of carbonyl (C=O) groups is 1. The molecule has 0 N–H and O–H groups in total. The van der Waals surface area contributed by atoms with Crippen LogP contribution in [0.15, 0.2) is 48.5 Å². The molecule has 0 saturated heterocycles. The lowest BCUT2D eigenvalue weighted by atomic mass is 9.98. The Morgan fingerprint density at radius 1 is 0.500 bits per heavy atom. The molecule has 2 rings (SSSR count). The fourth-order valence-electron chi connectivity index (χ4n) is 4.94. The van der Waals surface area contributed by atoms with Gasteiger partial charge in [0.2, 0.25) is 0 Å². The number of hydrogen-bond acceptors (Lipinski definition) is 3. The molecular weight excluding hydrogens is 440 g/mol. The van der Waals surface area contributed by atoms with Crippen molar-refractivity contribution in [2.75, 3.05) is 36.0 Å². The fourth-order valence-corrected chi connectivity index (χ4v) is 4.94. The van der Waals surface area contributed by atoms with Crippen LogP contribution >= 0.6 is 0 Å². The maximum Gasteiger partial charge on any atom is 0.197 e. The summed E-state index contributed by atoms with van der Waals surface area (Å²) in [6, 6.07) is 16.6. The zero-order valence-electron chi connectivity index (χ0n) is 23.7. The highest BCUT2D eigenvalue weighted by atomic mass is 16.1. The summed E-state index contributed by atoms with van der Waals surface area (Å²) in [7, 11) is 0. The Bertz CT molecular complexity index is 773. The molecule has 0 aliphatic heterocycles. The maximum absolute atomic E-state index is 14.2. The first-order chi connectivity index (χ1) is 17.7. The Kier molecular flexibility index (Phi) is 15.0. The second kappa shape index (κ2) is 18.0. The molecule has 2 aromatic carbocycles. The molecule has 0 atom stereocenters. The molecule has 36 heavy (non-hydrogen) atoms. The van der Waals surface area contributed by atoms with Gasteiger partial charge in [0.25, 0.3) is 0 Å². The third-order valence-electron chi connectivity index (χ3n) is 7.11. The van der Waals surface area contributed by atoms with Gasteiger partial charge in [-0.15, -0.1) is 0 Å². The molecule has 0 spiro atoms. The van der Waals surface area contributed by atoms with Crippen LogP contribution in [0, 0.1) is 0 Å². The summed E-state index contributed by atoms with van der Waals surface area (Å²) in [6.45, 7) is 13.1. The predicted octanol–water partition coefficient (Wildman–Crippen LogP) is 9.29. The van der Waals surface area contributed by atoms with Crippen molar-refractivity contribution in [3.63, 3.8) is 0 Å². The Morgan fingerprint density at radius 3 is 1.11 bits per heavy atom. The third kappa shape index (κ3) is 9.64. The highest BCUT2D eigenvalue weighted by molar-refractivity contribution is 6.15. The highest BCUT2D eigenvalue weighted by Gasteiger charge is 2.22. The van der Waals surface area contributed by atoms with Crippen molar-refractivity contribution in [1.29, 1.82) is 0 Å². The van der Waals surface area contributed by atoms with Gasteiger partial charge in [0.05, 0.1) is 0 Å². The molecule has 0 aliphatic rings. The number of ketones is 1. The van der Waals surface area contributed by atoms with E-state index in [9.17, 15) is 4.79 Å². The summed E-state index contributed by atoms with van der Waals surface area (Å²) in [5, 5.41) is 0. The van der Waals surface area contributed by atoms with Crippen LogP contribution in [0.2, 0.25) is 0 Å². The van der Waals surface area contributed by atoms with E-state index in [-0.39, 0.29) is 5.78 Å². The average Bonchev–Trinajstić information content (AvgIpc) is 2.91. The van der Waals surface area contributed by atoms with Crippen molar-refractivity contribution in [2.24, 2.45) is 0 Å². The highest BCUT2D eigenvalue weighted by Crippen LogP contribution is 2.29. The van der Waals surface area contributed by atoms with Crippen LogP contribution in [0.1, 0.15) is 121 Å². The predicted molar refractivity (Wildman–Crippen MR) is 159 cm³/mol. The van der Waals surface area contributed by atoms with E-state index >= 15 is 0 Å². The van der Waals surface area contributed by atoms with Crippen molar-refractivity contribution in [3.8, 4) is 0 Å². The number of nitrogens with zero attached hydrogens (tertiary/aromatic N) is 2. The minimum atomic E-state index is 0.160. The Hall–Kier alpha value is -2.29. The molecule has 2 aromatic rings. The summed E-state index contributed by atoms with van der Waals surface area (Å²) in [5.41, 5.74) is 3.90. The van der Waals surface area contributed by atoms with E-state index in [4.69, 9.17) is 0 Å². The molecule has 0 unspecified atom stereocenters. The summed E-state index contributed by atoms with van der Waals surface area (Å²) >= 11 is 0. The van der Waals surface area contributed by atoms with Crippen LogP contribution < -0.4 is 9.80 Å². The smallest absolute Gasteiger partial charge is 0.197 e. The summed E-state index contributed by atoms with van der Waals surface area (Å²) in [6.07, 6.45) is 14.4. The molecular formula is C33H52N2O. The molecule has 0 aromatic heterocycles. The van der Waals surface area contributed by atoms with Crippen LogP contribution in [-0.4, -0.2) is 32.0 Å². The van der Waals surface area contributed by atoms with Crippen molar-refractivity contribution in [3.05, 3.63) is 59.7 Å². The lowest BCUT2D eigenvalue weighted by Gasteiger charge is -2.29. The van der Waals surface area contributed by atoms with Crippen LogP contribution in [-0.2, 0) is 0 Å². The van der Waals surface area contributed by atoms with Crippen molar-refractivity contribution in [2.45, 2.75) is 105 Å². The monoisotopic (exact) mass is 492 g/mol. The first-order valence-electron chi connectivity index (χ1n) is 14.9. The second-order valence-electron chi connectivity index (χ2n) is 10.2. The summed E-state index contributed by atoms with van der Waals surface area (Å²) < 4.78 is 0. The molecule has 0 saturated carbocycles. The van der Waals surface area contributed by atoms with E-state index in [1.165, 1.54) is 77.0 Å². The lowest BCUT2D eigenvalue weighted by molar-refractivity contribution is 0.103. The number of unbranched alkanes of at least 4 members (excludes halogenated alkanes) is 8. The van der Waals surface area contributed by atoms with Gasteiger partial charge >= 0.3 is 0 Å². The molecule has 0 heterocycles. The SMILES string of the molecule is CCCCCN(CCCCC)c1ccccc1C(=O)c1ccccc1N(CCCCC)CCCCC. The van der Waals surface area contributed by atoms with Gasteiger partial charge in [0.1, 0.15) is 0 Å². The van der Waals surface area contributed by atoms with Gasteiger partial charge < -0.3 is 9.80 Å². The molecule has 0 amide bonds. The topological polar surface area (TPSA) is 23.6 Å². The van der Waals surface area contributed by atoms with Crippen LogP contribution in [0.25, 0.3) is 0 Å². The largest absolute Gasteiger partial charge is 0.371 e. The average molecular weight is 493 g/mol. The lowest BCUT2D eigenvalue weighted by Crippen LogP contribution is -2.29. The van der Waals surface area contributed by atoms with Gasteiger partial charge in [-0.3, -0.25) is 4.79 Å². The van der Waals surface area contributed by atoms with Gasteiger partial charge in [0.15, 0.2) is 5.78 Å². The molecule has 0 radical (unpaired) electrons. The first-order valence-corrected chi connectivity index (χ1v) is 14.9. The number of carbonyl (C=O) groups excluding carboxylic acids is 1. The maximum atomic E-state index is 14.2. The van der Waals surface area contributed by atoms with Gasteiger partial charge in [-0.25, -0.2) is 0 Å². The number of hydrogen-bond donors (Lipinski definition) is 0. The molecule has 0 aliphatic carbocycles. The molecule has 3 nitrogen and oxygen atoms in total. The number of benzene rings is 2. The molecule has 200 valence electrons. The Labute approximate surface area is 222 Å². The van der Waals surface area contributed by atoms with Crippen molar-refractivity contribution >= 4 is 17.2 Å². The molecule has 0 fully saturated rings. The standard InChI is InChI=1S/C33H52N2O/c1-5-9-17-25-34(26-18-10-6-2)31-23-15-13-21-29(31)33(36)30-22-14-16-24-32(30)35(27-19-11-7-3)28-20-12-8-4/h13-16,21-24H,5-12,17-20,25-28H2,1-4H3. The quantitative estimate of drug-likeness (QED) is 0.136. The normalized spacial score (nSPS) is 11.0. The molecule has 0 bridgehead atoms. The minimum absolute atomic E-state index is 0.160. The first kappa shape index (κ1) is 29.9. The Morgan fingerprint density at radius 2 is 0.806 bits per heavy atom. The van der Waals surface area contributed by atoms with Gasteiger partial charge in [-0.1, -0.05) is 103 Å². The summed E-state index contributed by atoms with van der Waals surface area (Å²) in [4.78, 5) is 19.1. The second-order valence-corrected chi connectivity index (χ2v) is 10.2. The number of para-hydroxylation sites is 2. The number of rotatable bonds is 20. The Balaban J connectivity index is 2.38. The summed E-state index contributed by atoms with van der Waals surface area (Å²) in [5.74, 6) is 0.160. The van der Waals surface area contributed by atoms with Crippen molar-refractivity contribution in [1.82, 2.24) is 0 Å². The third-order valence-corrected chi connectivity index (χ3v) is 7.11. The van der Waals surface area contributed by atoms with E-state index in [1.54, 1.807) is 0 Å². The van der Waals surface area contributed by atoms with E-state index in [0.717, 1.165) is 48.7 Å². The zero-order chi connectivity index (χ0) is 26.0. The number of anilines is 2. The van der Waals surface area contributed by atoms with Crippen LogP contribution in [0.4, 0.5) is 11.4 Å². The van der Waals surface area contributed by atoms with Crippen molar-refractivity contribution < 1.29 is 4.79 Å². The van der Waals surface area contributed by atoms with E-state index in [2.05, 4.69) is 61.8 Å². The van der Waals surface area contributed by atoms with Gasteiger partial charge in [-0.2, -0.15) is 0 Å². The molecule has 3 heteroatoms. The van der Waals surface area contributed by atoms with E-state index in [1.807, 2.05) is 24.3 Å². The van der Waals surface area contributed by atoms with Gasteiger partial charge in [-0.05, 0) is 49.9 Å². The fraction of sp³-hybridized carbons (Fsp3) is 0.606. The van der Waals surface area contributed by atoms with Crippen LogP contribution in [0.5, 0.6) is 0 Å². The van der Waals surface area contributed by atoms with E-state index < -0.39 is 0 Å². The van der Waals surface area contributed by atoms with Gasteiger partial charge in [0, 0.05) is 48.7 Å². The zero-order valence-corrected chi connectivity index (χ0v) is 23.7. The minimum Gasteiger partial charge on any atom is -0.371 e. The van der Waals surface area contributed by atoms with E-state index in [0.29, 0.717) is 0 Å².